The lowest BCUT2D eigenvalue weighted by Crippen LogP contribution is -2.30. The van der Waals surface area contributed by atoms with Gasteiger partial charge in [0.15, 0.2) is 0 Å². The Kier molecular flexibility index (Phi) is 4.37. The first-order valence-electron chi connectivity index (χ1n) is 9.85. The largest absolute Gasteiger partial charge is 0.493 e. The van der Waals surface area contributed by atoms with Crippen molar-refractivity contribution in [2.75, 3.05) is 19.7 Å². The summed E-state index contributed by atoms with van der Waals surface area (Å²) >= 11 is 0. The van der Waals surface area contributed by atoms with Crippen LogP contribution in [-0.4, -0.2) is 29.7 Å². The maximum atomic E-state index is 12.5. The Bertz CT molecular complexity index is 1190. The topological polar surface area (TPSA) is 69.9 Å². The van der Waals surface area contributed by atoms with E-state index in [4.69, 9.17) is 4.74 Å². The lowest BCUT2D eigenvalue weighted by molar-refractivity contribution is 0.215. The second-order valence-electron chi connectivity index (χ2n) is 7.54. The Labute approximate surface area is 162 Å². The zero-order valence-electron chi connectivity index (χ0n) is 15.6. The molecule has 0 saturated carbocycles. The molecule has 0 aliphatic carbocycles. The number of aromatic nitrogens is 2. The molecule has 1 fully saturated rings. The van der Waals surface area contributed by atoms with Gasteiger partial charge in [-0.15, -0.1) is 0 Å². The summed E-state index contributed by atoms with van der Waals surface area (Å²) in [6.45, 7) is 2.91. The standard InChI is InChI=1S/C23H23N3O2/c27-23-19(12-16-3-1-2-4-20(16)26-23)22-13-17-11-18(5-6-21(17)25-22)28-14-15-7-9-24-10-8-15/h1-6,11-13,15,24-25H,7-10,14H2,(H,26,27). The Hall–Kier alpha value is -3.05. The summed E-state index contributed by atoms with van der Waals surface area (Å²) in [6, 6.07) is 17.8. The highest BCUT2D eigenvalue weighted by atomic mass is 16.5. The molecule has 0 spiro atoms. The normalized spacial score (nSPS) is 15.3. The van der Waals surface area contributed by atoms with Gasteiger partial charge in [0.05, 0.1) is 17.9 Å². The van der Waals surface area contributed by atoms with Crippen LogP contribution in [0.15, 0.2) is 59.4 Å². The molecule has 1 aliphatic heterocycles. The monoisotopic (exact) mass is 373 g/mol. The van der Waals surface area contributed by atoms with E-state index in [0.29, 0.717) is 11.5 Å². The molecule has 1 saturated heterocycles. The van der Waals surface area contributed by atoms with Crippen LogP contribution in [0, 0.1) is 5.92 Å². The van der Waals surface area contributed by atoms with Gasteiger partial charge in [0.2, 0.25) is 0 Å². The predicted molar refractivity (Wildman–Crippen MR) is 113 cm³/mol. The zero-order chi connectivity index (χ0) is 18.9. The van der Waals surface area contributed by atoms with E-state index >= 15 is 0 Å². The number of benzene rings is 2. The van der Waals surface area contributed by atoms with Crippen LogP contribution in [0.1, 0.15) is 12.8 Å². The van der Waals surface area contributed by atoms with Crippen LogP contribution >= 0.6 is 0 Å². The van der Waals surface area contributed by atoms with Gasteiger partial charge in [0, 0.05) is 16.4 Å². The first-order chi connectivity index (χ1) is 13.8. The number of para-hydroxylation sites is 1. The Morgan fingerprint density at radius 3 is 2.61 bits per heavy atom. The van der Waals surface area contributed by atoms with Gasteiger partial charge in [-0.2, -0.15) is 0 Å². The number of hydrogen-bond acceptors (Lipinski definition) is 3. The Morgan fingerprint density at radius 1 is 0.893 bits per heavy atom. The van der Waals surface area contributed by atoms with Gasteiger partial charge in [0.1, 0.15) is 5.75 Å². The molecule has 0 atom stereocenters. The Balaban J connectivity index is 1.43. The van der Waals surface area contributed by atoms with Crippen molar-refractivity contribution in [2.45, 2.75) is 12.8 Å². The maximum Gasteiger partial charge on any atom is 0.257 e. The first kappa shape index (κ1) is 17.1. The van der Waals surface area contributed by atoms with Gasteiger partial charge >= 0.3 is 0 Å². The fraction of sp³-hybridized carbons (Fsp3) is 0.261. The number of hydrogen-bond donors (Lipinski definition) is 3. The number of aromatic amines is 2. The van der Waals surface area contributed by atoms with E-state index < -0.39 is 0 Å². The molecule has 5 heteroatoms. The molecule has 3 heterocycles. The summed E-state index contributed by atoms with van der Waals surface area (Å²) < 4.78 is 6.04. The molecule has 142 valence electrons. The van der Waals surface area contributed by atoms with Gasteiger partial charge < -0.3 is 20.0 Å². The molecule has 28 heavy (non-hydrogen) atoms. The lowest BCUT2D eigenvalue weighted by Gasteiger charge is -2.22. The number of rotatable bonds is 4. The molecule has 1 aliphatic rings. The van der Waals surface area contributed by atoms with E-state index in [1.807, 2.05) is 54.6 Å². The summed E-state index contributed by atoms with van der Waals surface area (Å²) in [6.07, 6.45) is 2.34. The van der Waals surface area contributed by atoms with Crippen molar-refractivity contribution in [3.8, 4) is 17.0 Å². The van der Waals surface area contributed by atoms with E-state index in [0.717, 1.165) is 52.9 Å². The molecule has 0 radical (unpaired) electrons. The second-order valence-corrected chi connectivity index (χ2v) is 7.54. The van der Waals surface area contributed by atoms with E-state index in [1.165, 1.54) is 12.8 Å². The third-order valence-electron chi connectivity index (χ3n) is 5.58. The summed E-state index contributed by atoms with van der Waals surface area (Å²) in [4.78, 5) is 18.9. The van der Waals surface area contributed by atoms with Crippen LogP contribution in [0.2, 0.25) is 0 Å². The van der Waals surface area contributed by atoms with Crippen LogP contribution in [0.25, 0.3) is 33.1 Å². The minimum absolute atomic E-state index is 0.0902. The Morgan fingerprint density at radius 2 is 1.71 bits per heavy atom. The summed E-state index contributed by atoms with van der Waals surface area (Å²) in [5.74, 6) is 1.50. The molecule has 3 N–H and O–H groups in total. The highest BCUT2D eigenvalue weighted by molar-refractivity contribution is 5.89. The van der Waals surface area contributed by atoms with Gasteiger partial charge in [0.25, 0.3) is 5.56 Å². The van der Waals surface area contributed by atoms with Crippen molar-refractivity contribution in [3.63, 3.8) is 0 Å². The highest BCUT2D eigenvalue weighted by Gasteiger charge is 2.14. The van der Waals surface area contributed by atoms with Crippen LogP contribution < -0.4 is 15.6 Å². The quantitative estimate of drug-likeness (QED) is 0.505. The third kappa shape index (κ3) is 3.29. The van der Waals surface area contributed by atoms with Crippen LogP contribution in [0.3, 0.4) is 0 Å². The molecule has 4 aromatic rings. The number of piperidine rings is 1. The van der Waals surface area contributed by atoms with Gasteiger partial charge in [-0.1, -0.05) is 18.2 Å². The van der Waals surface area contributed by atoms with E-state index in [-0.39, 0.29) is 5.56 Å². The van der Waals surface area contributed by atoms with Gasteiger partial charge in [-0.3, -0.25) is 4.79 Å². The summed E-state index contributed by atoms with van der Waals surface area (Å²) in [5.41, 5.74) is 3.22. The SMILES string of the molecule is O=c1[nH]c2ccccc2cc1-c1cc2cc(OCC3CCNCC3)ccc2[nH]1. The lowest BCUT2D eigenvalue weighted by atomic mass is 9.99. The van der Waals surface area contributed by atoms with Gasteiger partial charge in [-0.05, 0) is 73.6 Å². The molecule has 5 rings (SSSR count). The maximum absolute atomic E-state index is 12.5. The van der Waals surface area contributed by atoms with E-state index in [1.54, 1.807) is 0 Å². The van der Waals surface area contributed by atoms with E-state index in [9.17, 15) is 4.79 Å². The van der Waals surface area contributed by atoms with Crippen molar-refractivity contribution in [2.24, 2.45) is 5.92 Å². The number of H-pyrrole nitrogens is 2. The average Bonchev–Trinajstić information content (AvgIpc) is 3.15. The number of ether oxygens (including phenoxy) is 1. The number of pyridine rings is 1. The smallest absolute Gasteiger partial charge is 0.257 e. The van der Waals surface area contributed by atoms with E-state index in [2.05, 4.69) is 15.3 Å². The average molecular weight is 373 g/mol. The fourth-order valence-corrected chi connectivity index (χ4v) is 3.96. The van der Waals surface area contributed by atoms with Crippen molar-refractivity contribution < 1.29 is 4.74 Å². The van der Waals surface area contributed by atoms with Crippen molar-refractivity contribution in [1.82, 2.24) is 15.3 Å². The highest BCUT2D eigenvalue weighted by Crippen LogP contribution is 2.27. The summed E-state index contributed by atoms with van der Waals surface area (Å²) in [7, 11) is 0. The molecule has 2 aromatic heterocycles. The van der Waals surface area contributed by atoms with Crippen LogP contribution in [-0.2, 0) is 0 Å². The molecule has 2 aromatic carbocycles. The van der Waals surface area contributed by atoms with Crippen LogP contribution in [0.5, 0.6) is 5.75 Å². The zero-order valence-corrected chi connectivity index (χ0v) is 15.6. The summed E-state index contributed by atoms with van der Waals surface area (Å²) in [5, 5.41) is 5.45. The van der Waals surface area contributed by atoms with Crippen molar-refractivity contribution in [1.29, 1.82) is 0 Å². The second kappa shape index (κ2) is 7.17. The molecule has 5 nitrogen and oxygen atoms in total. The number of nitrogens with one attached hydrogen (secondary N) is 3. The van der Waals surface area contributed by atoms with Gasteiger partial charge in [-0.25, -0.2) is 0 Å². The predicted octanol–water partition coefficient (Wildman–Crippen LogP) is 4.05. The van der Waals surface area contributed by atoms with Crippen molar-refractivity contribution >= 4 is 21.8 Å². The molecular weight excluding hydrogens is 350 g/mol. The number of fused-ring (bicyclic) bond motifs is 2. The molecule has 0 amide bonds. The molecule has 0 unspecified atom stereocenters. The molecular formula is C23H23N3O2. The van der Waals surface area contributed by atoms with Crippen LogP contribution in [0.4, 0.5) is 0 Å². The first-order valence-corrected chi connectivity index (χ1v) is 9.85. The third-order valence-corrected chi connectivity index (χ3v) is 5.58. The van der Waals surface area contributed by atoms with Crippen molar-refractivity contribution in [3.05, 3.63) is 65.0 Å². The minimum Gasteiger partial charge on any atom is -0.493 e. The minimum atomic E-state index is -0.0902. The fourth-order valence-electron chi connectivity index (χ4n) is 3.96. The molecule has 0 bridgehead atoms.